The second-order valence-electron chi connectivity index (χ2n) is 6.91. The molecule has 1 unspecified atom stereocenters. The van der Waals surface area contributed by atoms with Crippen LogP contribution in [-0.2, 0) is 21.1 Å². The summed E-state index contributed by atoms with van der Waals surface area (Å²) in [5.74, 6) is 1.19. The molecule has 8 heteroatoms. The van der Waals surface area contributed by atoms with E-state index in [2.05, 4.69) is 5.32 Å². The van der Waals surface area contributed by atoms with E-state index < -0.39 is 22.5 Å². The monoisotopic (exact) mass is 441 g/mol. The summed E-state index contributed by atoms with van der Waals surface area (Å²) in [7, 11) is -1.12. The highest BCUT2D eigenvalue weighted by molar-refractivity contribution is 7.85. The van der Waals surface area contributed by atoms with Crippen molar-refractivity contribution < 1.29 is 18.5 Å². The van der Waals surface area contributed by atoms with E-state index in [1.165, 1.54) is 0 Å². The van der Waals surface area contributed by atoms with Crippen molar-refractivity contribution >= 4 is 45.8 Å². The fourth-order valence-corrected chi connectivity index (χ4v) is 4.46. The average Bonchev–Trinajstić information content (AvgIpc) is 2.62. The Morgan fingerprint density at radius 1 is 1.11 bits per heavy atom. The van der Waals surface area contributed by atoms with E-state index in [9.17, 15) is 9.00 Å². The summed E-state index contributed by atoms with van der Waals surface area (Å²) in [6, 6.07) is 10.6. The Hall–Kier alpha value is -1.76. The average molecular weight is 442 g/mol. The molecule has 0 fully saturated rings. The van der Waals surface area contributed by atoms with E-state index in [1.807, 2.05) is 26.0 Å². The first-order valence-corrected chi connectivity index (χ1v) is 10.9. The lowest BCUT2D eigenvalue weighted by atomic mass is 9.95. The highest BCUT2D eigenvalue weighted by atomic mass is 35.5. The normalized spacial score (nSPS) is 15.9. The second kappa shape index (κ2) is 8.72. The number of nitrogens with one attached hydrogen (secondary N) is 1. The minimum atomic E-state index is -1.12. The van der Waals surface area contributed by atoms with Crippen molar-refractivity contribution in [2.75, 3.05) is 17.7 Å². The van der Waals surface area contributed by atoms with E-state index in [4.69, 9.17) is 32.7 Å². The van der Waals surface area contributed by atoms with Crippen molar-refractivity contribution in [2.45, 2.75) is 37.2 Å². The Morgan fingerprint density at radius 3 is 2.64 bits per heavy atom. The molecule has 0 bridgehead atoms. The molecule has 2 aromatic rings. The maximum absolute atomic E-state index is 12.3. The van der Waals surface area contributed by atoms with Crippen LogP contribution < -0.4 is 10.1 Å². The smallest absolute Gasteiger partial charge is 0.412 e. The van der Waals surface area contributed by atoms with Gasteiger partial charge >= 0.3 is 6.09 Å². The van der Waals surface area contributed by atoms with E-state index in [1.54, 1.807) is 24.3 Å². The Labute approximate surface area is 176 Å². The topological polar surface area (TPSA) is 64.6 Å². The SMILES string of the molecule is CC1(C)OC(=O)Nc2cc(OCCCCS(=O)c3ccc(Cl)c(Cl)c3)ccc21. The Bertz CT molecular complexity index is 917. The van der Waals surface area contributed by atoms with Crippen LogP contribution in [0.25, 0.3) is 0 Å². The molecule has 5 nitrogen and oxygen atoms in total. The fourth-order valence-electron chi connectivity index (χ4n) is 2.93. The fraction of sp³-hybridized carbons (Fsp3) is 0.350. The van der Waals surface area contributed by atoms with Crippen molar-refractivity contribution in [3.05, 3.63) is 52.0 Å². The summed E-state index contributed by atoms with van der Waals surface area (Å²) in [5, 5.41) is 3.55. The summed E-state index contributed by atoms with van der Waals surface area (Å²) in [5.41, 5.74) is 0.918. The van der Waals surface area contributed by atoms with Gasteiger partial charge in [-0.25, -0.2) is 4.79 Å². The first-order valence-electron chi connectivity index (χ1n) is 8.87. The summed E-state index contributed by atoms with van der Waals surface area (Å²) < 4.78 is 23.4. The second-order valence-corrected chi connectivity index (χ2v) is 9.30. The van der Waals surface area contributed by atoms with Gasteiger partial charge in [-0.05, 0) is 57.0 Å². The summed E-state index contributed by atoms with van der Waals surface area (Å²) in [6.45, 7) is 4.18. The lowest BCUT2D eigenvalue weighted by Gasteiger charge is -2.32. The molecule has 2 aromatic carbocycles. The van der Waals surface area contributed by atoms with E-state index in [0.717, 1.165) is 18.4 Å². The third-order valence-corrected chi connectivity index (χ3v) is 6.55. The number of rotatable bonds is 7. The van der Waals surface area contributed by atoms with Gasteiger partial charge in [0.15, 0.2) is 0 Å². The zero-order valence-electron chi connectivity index (χ0n) is 15.6. The quantitative estimate of drug-likeness (QED) is 0.554. The third kappa shape index (κ3) is 4.99. The lowest BCUT2D eigenvalue weighted by Crippen LogP contribution is -2.34. The van der Waals surface area contributed by atoms with Crippen molar-refractivity contribution in [2.24, 2.45) is 0 Å². The molecule has 28 heavy (non-hydrogen) atoms. The van der Waals surface area contributed by atoms with Crippen LogP contribution in [0.5, 0.6) is 5.75 Å². The molecule has 0 aromatic heterocycles. The highest BCUT2D eigenvalue weighted by Gasteiger charge is 2.33. The number of carbonyl (C=O) groups excluding carboxylic acids is 1. The Balaban J connectivity index is 1.48. The molecule has 1 N–H and O–H groups in total. The lowest BCUT2D eigenvalue weighted by molar-refractivity contribution is 0.0420. The standard InChI is InChI=1S/C20H21Cl2NO4S/c1-20(2)15-7-5-13(11-18(15)23-19(24)27-20)26-9-3-4-10-28(25)14-6-8-16(21)17(22)12-14/h5-8,11-12H,3-4,9-10H2,1-2H3,(H,23,24). The van der Waals surface area contributed by atoms with Crippen LogP contribution in [0, 0.1) is 0 Å². The van der Waals surface area contributed by atoms with E-state index in [0.29, 0.717) is 38.7 Å². The Kier molecular flexibility index (Phi) is 6.53. The molecule has 150 valence electrons. The molecule has 1 heterocycles. The van der Waals surface area contributed by atoms with Crippen LogP contribution in [0.15, 0.2) is 41.3 Å². The van der Waals surface area contributed by atoms with Crippen LogP contribution >= 0.6 is 23.2 Å². The number of hydrogen-bond donors (Lipinski definition) is 1. The predicted octanol–water partition coefficient (Wildman–Crippen LogP) is 5.76. The van der Waals surface area contributed by atoms with E-state index in [-0.39, 0.29) is 0 Å². The molecule has 0 saturated heterocycles. The number of anilines is 1. The molecule has 3 rings (SSSR count). The zero-order valence-corrected chi connectivity index (χ0v) is 17.9. The number of carbonyl (C=O) groups is 1. The molecule has 1 aliphatic heterocycles. The van der Waals surface area contributed by atoms with Gasteiger partial charge in [-0.1, -0.05) is 23.2 Å². The minimum absolute atomic E-state index is 0.406. The molecular formula is C20H21Cl2NO4S. The maximum Gasteiger partial charge on any atom is 0.412 e. The molecule has 0 radical (unpaired) electrons. The molecule has 1 amide bonds. The minimum Gasteiger partial charge on any atom is -0.494 e. The number of ether oxygens (including phenoxy) is 2. The third-order valence-electron chi connectivity index (χ3n) is 4.37. The first-order chi connectivity index (χ1) is 13.3. The van der Waals surface area contributed by atoms with Gasteiger partial charge in [0.05, 0.1) is 33.1 Å². The van der Waals surface area contributed by atoms with Gasteiger partial charge in [0, 0.05) is 22.3 Å². The Morgan fingerprint density at radius 2 is 1.89 bits per heavy atom. The van der Waals surface area contributed by atoms with Gasteiger partial charge < -0.3 is 9.47 Å². The number of cyclic esters (lactones) is 1. The number of benzene rings is 2. The first kappa shape index (κ1) is 21.0. The van der Waals surface area contributed by atoms with Gasteiger partial charge in [0.2, 0.25) is 0 Å². The summed E-state index contributed by atoms with van der Waals surface area (Å²) >= 11 is 11.8. The highest BCUT2D eigenvalue weighted by Crippen LogP contribution is 2.37. The van der Waals surface area contributed by atoms with E-state index >= 15 is 0 Å². The molecular weight excluding hydrogens is 421 g/mol. The van der Waals surface area contributed by atoms with Crippen LogP contribution in [0.3, 0.4) is 0 Å². The summed E-state index contributed by atoms with van der Waals surface area (Å²) in [6.07, 6.45) is 1.03. The number of amides is 1. The molecule has 0 spiro atoms. The van der Waals surface area contributed by atoms with Gasteiger partial charge in [0.25, 0.3) is 0 Å². The zero-order chi connectivity index (χ0) is 20.3. The summed E-state index contributed by atoms with van der Waals surface area (Å²) in [4.78, 5) is 12.3. The van der Waals surface area contributed by atoms with Gasteiger partial charge in [-0.15, -0.1) is 0 Å². The molecule has 1 aliphatic rings. The molecule has 1 atom stereocenters. The van der Waals surface area contributed by atoms with Crippen molar-refractivity contribution in [1.82, 2.24) is 0 Å². The van der Waals surface area contributed by atoms with Crippen molar-refractivity contribution in [3.63, 3.8) is 0 Å². The van der Waals surface area contributed by atoms with Gasteiger partial charge in [-0.2, -0.15) is 0 Å². The molecule has 0 saturated carbocycles. The number of fused-ring (bicyclic) bond motifs is 1. The van der Waals surface area contributed by atoms with Crippen LogP contribution in [0.4, 0.5) is 10.5 Å². The number of unbranched alkanes of at least 4 members (excludes halogenated alkanes) is 1. The van der Waals surface area contributed by atoms with Crippen LogP contribution in [0.1, 0.15) is 32.3 Å². The maximum atomic E-state index is 12.3. The predicted molar refractivity (Wildman–Crippen MR) is 112 cm³/mol. The number of hydrogen-bond acceptors (Lipinski definition) is 4. The largest absolute Gasteiger partial charge is 0.494 e. The number of halogens is 2. The van der Waals surface area contributed by atoms with Gasteiger partial charge in [-0.3, -0.25) is 9.53 Å². The van der Waals surface area contributed by atoms with Crippen LogP contribution in [0.2, 0.25) is 10.0 Å². The van der Waals surface area contributed by atoms with Gasteiger partial charge in [0.1, 0.15) is 11.4 Å². The van der Waals surface area contributed by atoms with Crippen molar-refractivity contribution in [3.8, 4) is 5.75 Å². The van der Waals surface area contributed by atoms with Crippen molar-refractivity contribution in [1.29, 1.82) is 0 Å². The van der Waals surface area contributed by atoms with Crippen LogP contribution in [-0.4, -0.2) is 22.7 Å². The molecule has 0 aliphatic carbocycles.